The van der Waals surface area contributed by atoms with Gasteiger partial charge in [-0.2, -0.15) is 0 Å². The maximum atomic E-state index is 12.6. The summed E-state index contributed by atoms with van der Waals surface area (Å²) in [6.07, 6.45) is 3.03. The third-order valence-corrected chi connectivity index (χ3v) is 4.86. The first kappa shape index (κ1) is 20.6. The van der Waals surface area contributed by atoms with Gasteiger partial charge in [0.25, 0.3) is 5.91 Å². The molecule has 1 saturated heterocycles. The summed E-state index contributed by atoms with van der Waals surface area (Å²) in [6, 6.07) is 9.78. The Hall–Kier alpha value is -3.09. The van der Waals surface area contributed by atoms with Crippen LogP contribution in [0.5, 0.6) is 0 Å². The van der Waals surface area contributed by atoms with Crippen molar-refractivity contribution in [2.75, 3.05) is 30.3 Å². The highest BCUT2D eigenvalue weighted by molar-refractivity contribution is 6.03. The first-order valence-electron chi connectivity index (χ1n) is 9.98. The Morgan fingerprint density at radius 2 is 1.79 bits per heavy atom. The van der Waals surface area contributed by atoms with Crippen molar-refractivity contribution in [1.29, 1.82) is 0 Å². The van der Waals surface area contributed by atoms with Crippen LogP contribution in [0.25, 0.3) is 0 Å². The molecule has 1 aliphatic heterocycles. The highest BCUT2D eigenvalue weighted by atomic mass is 16.6. The summed E-state index contributed by atoms with van der Waals surface area (Å²) in [6.45, 7) is 7.51. The van der Waals surface area contributed by atoms with Crippen molar-refractivity contribution >= 4 is 23.4 Å². The fraction of sp³-hybridized carbons (Fsp3) is 0.409. The lowest BCUT2D eigenvalue weighted by molar-refractivity contribution is 0.0981. The number of aryl methyl sites for hydroxylation is 2. The fourth-order valence-corrected chi connectivity index (χ4v) is 3.54. The quantitative estimate of drug-likeness (QED) is 0.799. The molecule has 7 heteroatoms. The number of hydrogen-bond acceptors (Lipinski definition) is 5. The summed E-state index contributed by atoms with van der Waals surface area (Å²) in [7, 11) is 0. The van der Waals surface area contributed by atoms with Gasteiger partial charge in [0.05, 0.1) is 6.61 Å². The van der Waals surface area contributed by atoms with Crippen LogP contribution in [0.2, 0.25) is 0 Å². The highest BCUT2D eigenvalue weighted by Crippen LogP contribution is 2.19. The molecule has 0 atom stereocenters. The SMILES string of the molecule is CCOC(=O)N1CCC(Nc2ccnc(C(=O)Nc3cc(C)cc(C)c3)c2)CC1. The summed E-state index contributed by atoms with van der Waals surface area (Å²) in [5.41, 5.74) is 4.16. The molecule has 2 amide bonds. The molecule has 2 heterocycles. The van der Waals surface area contributed by atoms with Crippen molar-refractivity contribution in [1.82, 2.24) is 9.88 Å². The summed E-state index contributed by atoms with van der Waals surface area (Å²) >= 11 is 0. The van der Waals surface area contributed by atoms with Crippen LogP contribution in [-0.4, -0.2) is 47.6 Å². The highest BCUT2D eigenvalue weighted by Gasteiger charge is 2.23. The average Bonchev–Trinajstić information content (AvgIpc) is 2.68. The molecular weight excluding hydrogens is 368 g/mol. The molecule has 7 nitrogen and oxygen atoms in total. The number of likely N-dealkylation sites (tertiary alicyclic amines) is 1. The van der Waals surface area contributed by atoms with E-state index in [9.17, 15) is 9.59 Å². The van der Waals surface area contributed by atoms with Crippen molar-refractivity contribution < 1.29 is 14.3 Å². The monoisotopic (exact) mass is 396 g/mol. The molecule has 0 saturated carbocycles. The molecule has 3 rings (SSSR count). The molecule has 0 spiro atoms. The third kappa shape index (κ3) is 5.70. The summed E-state index contributed by atoms with van der Waals surface area (Å²) in [4.78, 5) is 30.3. The molecule has 2 N–H and O–H groups in total. The van der Waals surface area contributed by atoms with E-state index in [1.165, 1.54) is 0 Å². The van der Waals surface area contributed by atoms with E-state index in [-0.39, 0.29) is 18.0 Å². The van der Waals surface area contributed by atoms with Gasteiger partial charge in [-0.05, 0) is 69.0 Å². The van der Waals surface area contributed by atoms with E-state index in [4.69, 9.17) is 4.74 Å². The summed E-state index contributed by atoms with van der Waals surface area (Å²) < 4.78 is 5.05. The molecule has 0 unspecified atom stereocenters. The van der Waals surface area contributed by atoms with Crippen LogP contribution >= 0.6 is 0 Å². The largest absolute Gasteiger partial charge is 0.450 e. The van der Waals surface area contributed by atoms with Gasteiger partial charge in [-0.15, -0.1) is 0 Å². The predicted octanol–water partition coefficient (Wildman–Crippen LogP) is 3.98. The maximum absolute atomic E-state index is 12.6. The van der Waals surface area contributed by atoms with E-state index in [1.807, 2.05) is 39.0 Å². The van der Waals surface area contributed by atoms with Crippen LogP contribution in [0.3, 0.4) is 0 Å². The Kier molecular flexibility index (Phi) is 6.69. The molecule has 0 bridgehead atoms. The number of aromatic nitrogens is 1. The van der Waals surface area contributed by atoms with Crippen LogP contribution in [0, 0.1) is 13.8 Å². The van der Waals surface area contributed by atoms with Crippen molar-refractivity contribution in [2.24, 2.45) is 0 Å². The number of carbonyl (C=O) groups is 2. The second-order valence-corrected chi connectivity index (χ2v) is 7.36. The van der Waals surface area contributed by atoms with E-state index in [1.54, 1.807) is 17.2 Å². The molecule has 2 aromatic rings. The third-order valence-electron chi connectivity index (χ3n) is 4.86. The van der Waals surface area contributed by atoms with Crippen LogP contribution in [0.15, 0.2) is 36.5 Å². The standard InChI is InChI=1S/C22H28N4O3/c1-4-29-22(28)26-9-6-17(7-10-26)24-18-5-8-23-20(14-18)21(27)25-19-12-15(2)11-16(3)13-19/h5,8,11-14,17H,4,6-7,9-10H2,1-3H3,(H,23,24)(H,25,27). The smallest absolute Gasteiger partial charge is 0.409 e. The minimum absolute atomic E-state index is 0.235. The molecule has 0 radical (unpaired) electrons. The van der Waals surface area contributed by atoms with Crippen molar-refractivity contribution in [3.8, 4) is 0 Å². The van der Waals surface area contributed by atoms with Crippen LogP contribution < -0.4 is 10.6 Å². The van der Waals surface area contributed by atoms with Crippen LogP contribution in [0.1, 0.15) is 41.4 Å². The Balaban J connectivity index is 1.58. The fourth-order valence-electron chi connectivity index (χ4n) is 3.54. The molecule has 1 aromatic carbocycles. The van der Waals surface area contributed by atoms with Crippen LogP contribution in [-0.2, 0) is 4.74 Å². The number of benzene rings is 1. The molecule has 1 aromatic heterocycles. The Morgan fingerprint density at radius 1 is 1.10 bits per heavy atom. The second kappa shape index (κ2) is 9.41. The van der Waals surface area contributed by atoms with Crippen molar-refractivity contribution in [3.63, 3.8) is 0 Å². The van der Waals surface area contributed by atoms with E-state index in [0.717, 1.165) is 35.3 Å². The zero-order valence-electron chi connectivity index (χ0n) is 17.2. The van der Waals surface area contributed by atoms with Gasteiger partial charge < -0.3 is 20.3 Å². The van der Waals surface area contributed by atoms with Gasteiger partial charge in [-0.25, -0.2) is 4.79 Å². The zero-order chi connectivity index (χ0) is 20.8. The Labute approximate surface area is 171 Å². The molecular formula is C22H28N4O3. The molecule has 1 aliphatic rings. The normalized spacial score (nSPS) is 14.4. The predicted molar refractivity (Wildman–Crippen MR) is 113 cm³/mol. The lowest BCUT2D eigenvalue weighted by Gasteiger charge is -2.32. The van der Waals surface area contributed by atoms with Crippen molar-refractivity contribution in [2.45, 2.75) is 39.7 Å². The number of piperidine rings is 1. The maximum Gasteiger partial charge on any atom is 0.409 e. The van der Waals surface area contributed by atoms with Crippen molar-refractivity contribution in [3.05, 3.63) is 53.3 Å². The van der Waals surface area contributed by atoms with Gasteiger partial charge in [0.1, 0.15) is 5.69 Å². The van der Waals surface area contributed by atoms with Gasteiger partial charge in [-0.3, -0.25) is 9.78 Å². The van der Waals surface area contributed by atoms with Gasteiger partial charge in [0.2, 0.25) is 0 Å². The molecule has 1 fully saturated rings. The first-order valence-corrected chi connectivity index (χ1v) is 9.98. The van der Waals surface area contributed by atoms with E-state index < -0.39 is 0 Å². The minimum Gasteiger partial charge on any atom is -0.450 e. The number of ether oxygens (including phenoxy) is 1. The van der Waals surface area contributed by atoms with E-state index >= 15 is 0 Å². The zero-order valence-corrected chi connectivity index (χ0v) is 17.2. The number of hydrogen-bond donors (Lipinski definition) is 2. The number of nitrogens with zero attached hydrogens (tertiary/aromatic N) is 2. The lowest BCUT2D eigenvalue weighted by atomic mass is 10.1. The number of anilines is 2. The second-order valence-electron chi connectivity index (χ2n) is 7.36. The van der Waals surface area contributed by atoms with Gasteiger partial charge in [-0.1, -0.05) is 6.07 Å². The molecule has 29 heavy (non-hydrogen) atoms. The number of pyridine rings is 1. The Bertz CT molecular complexity index is 856. The van der Waals surface area contributed by atoms with Gasteiger partial charge >= 0.3 is 6.09 Å². The Morgan fingerprint density at radius 3 is 2.45 bits per heavy atom. The van der Waals surface area contributed by atoms with E-state index in [2.05, 4.69) is 21.7 Å². The topological polar surface area (TPSA) is 83.6 Å². The van der Waals surface area contributed by atoms with Crippen LogP contribution in [0.4, 0.5) is 16.2 Å². The molecule has 0 aliphatic carbocycles. The minimum atomic E-state index is -0.250. The number of amides is 2. The number of nitrogens with one attached hydrogen (secondary N) is 2. The summed E-state index contributed by atoms with van der Waals surface area (Å²) in [5.74, 6) is -0.240. The molecule has 154 valence electrons. The van der Waals surface area contributed by atoms with Gasteiger partial charge in [0.15, 0.2) is 0 Å². The summed E-state index contributed by atoms with van der Waals surface area (Å²) in [5, 5.41) is 6.36. The average molecular weight is 396 g/mol. The lowest BCUT2D eigenvalue weighted by Crippen LogP contribution is -2.42. The van der Waals surface area contributed by atoms with E-state index in [0.29, 0.717) is 25.4 Å². The first-order chi connectivity index (χ1) is 13.9. The number of rotatable bonds is 5. The van der Waals surface area contributed by atoms with Gasteiger partial charge in [0, 0.05) is 36.7 Å². The number of carbonyl (C=O) groups excluding carboxylic acids is 2.